The molecule has 0 aliphatic carbocycles. The largest absolute Gasteiger partial charge is 0.357 e. The molecule has 2 aromatic rings. The van der Waals surface area contributed by atoms with E-state index in [9.17, 15) is 18.8 Å². The smallest absolute Gasteiger partial charge is 0.270 e. The highest BCUT2D eigenvalue weighted by Gasteiger charge is 2.28. The van der Waals surface area contributed by atoms with E-state index in [4.69, 9.17) is 0 Å². The lowest BCUT2D eigenvalue weighted by molar-refractivity contribution is -0.127. The highest BCUT2D eigenvalue weighted by Crippen LogP contribution is 2.23. The fourth-order valence-electron chi connectivity index (χ4n) is 3.29. The summed E-state index contributed by atoms with van der Waals surface area (Å²) in [5.74, 6) is -0.588. The minimum Gasteiger partial charge on any atom is -0.357 e. The van der Waals surface area contributed by atoms with E-state index in [-0.39, 0.29) is 29.9 Å². The van der Waals surface area contributed by atoms with Gasteiger partial charge in [-0.05, 0) is 42.7 Å². The third-order valence-corrected chi connectivity index (χ3v) is 4.79. The second kappa shape index (κ2) is 9.30. The first-order valence-electron chi connectivity index (χ1n) is 9.56. The SMILES string of the molecule is CN(C)C(=O)C1=C(C=O)CCCN1CC(=O)Nc1ccc(-c2ccc(F)cc2)cn1. The maximum atomic E-state index is 13.1. The minimum absolute atomic E-state index is 0.0619. The van der Waals surface area contributed by atoms with Gasteiger partial charge in [0.1, 0.15) is 23.6 Å². The monoisotopic (exact) mass is 410 g/mol. The number of nitrogens with one attached hydrogen (secondary N) is 1. The number of allylic oxidation sites excluding steroid dienone is 1. The summed E-state index contributed by atoms with van der Waals surface area (Å²) in [6.07, 6.45) is 3.49. The second-order valence-corrected chi connectivity index (χ2v) is 7.20. The van der Waals surface area contributed by atoms with Crippen LogP contribution in [-0.2, 0) is 14.4 Å². The lowest BCUT2D eigenvalue weighted by atomic mass is 10.0. The van der Waals surface area contributed by atoms with Gasteiger partial charge < -0.3 is 15.1 Å². The van der Waals surface area contributed by atoms with Crippen molar-refractivity contribution in [1.82, 2.24) is 14.8 Å². The lowest BCUT2D eigenvalue weighted by Gasteiger charge is -2.32. The van der Waals surface area contributed by atoms with Crippen molar-refractivity contribution in [2.24, 2.45) is 0 Å². The summed E-state index contributed by atoms with van der Waals surface area (Å²) >= 11 is 0. The van der Waals surface area contributed by atoms with Gasteiger partial charge in [0.25, 0.3) is 5.91 Å². The zero-order valence-electron chi connectivity index (χ0n) is 16.9. The molecule has 7 nitrogen and oxygen atoms in total. The molecule has 2 heterocycles. The van der Waals surface area contributed by atoms with Crippen LogP contribution < -0.4 is 5.32 Å². The molecule has 0 spiro atoms. The number of pyridine rings is 1. The first-order valence-corrected chi connectivity index (χ1v) is 9.56. The Labute approximate surface area is 174 Å². The Hall–Kier alpha value is -3.55. The molecule has 0 atom stereocenters. The van der Waals surface area contributed by atoms with Crippen LogP contribution in [0.25, 0.3) is 11.1 Å². The van der Waals surface area contributed by atoms with Crippen molar-refractivity contribution in [3.63, 3.8) is 0 Å². The number of rotatable bonds is 6. The zero-order chi connectivity index (χ0) is 21.7. The number of aldehydes is 1. The number of benzene rings is 1. The van der Waals surface area contributed by atoms with Gasteiger partial charge in [0.05, 0.1) is 6.54 Å². The lowest BCUT2D eigenvalue weighted by Crippen LogP contribution is -2.42. The van der Waals surface area contributed by atoms with E-state index in [0.717, 1.165) is 11.1 Å². The normalized spacial score (nSPS) is 13.8. The topological polar surface area (TPSA) is 82.6 Å². The van der Waals surface area contributed by atoms with Crippen LogP contribution in [0, 0.1) is 5.82 Å². The average molecular weight is 410 g/mol. The highest BCUT2D eigenvalue weighted by atomic mass is 19.1. The molecule has 30 heavy (non-hydrogen) atoms. The Morgan fingerprint density at radius 2 is 1.87 bits per heavy atom. The van der Waals surface area contributed by atoms with Gasteiger partial charge >= 0.3 is 0 Å². The molecule has 2 amide bonds. The van der Waals surface area contributed by atoms with Crippen LogP contribution in [0.1, 0.15) is 12.8 Å². The van der Waals surface area contributed by atoms with Gasteiger partial charge in [-0.3, -0.25) is 14.4 Å². The predicted molar refractivity (Wildman–Crippen MR) is 111 cm³/mol. The van der Waals surface area contributed by atoms with Crippen LogP contribution in [0.3, 0.4) is 0 Å². The van der Waals surface area contributed by atoms with Crippen molar-refractivity contribution < 1.29 is 18.8 Å². The summed E-state index contributed by atoms with van der Waals surface area (Å²) < 4.78 is 13.1. The number of nitrogens with zero attached hydrogens (tertiary/aromatic N) is 3. The molecule has 1 aromatic carbocycles. The number of carbonyl (C=O) groups excluding carboxylic acids is 3. The van der Waals surface area contributed by atoms with Crippen molar-refractivity contribution in [3.8, 4) is 11.1 Å². The van der Waals surface area contributed by atoms with Crippen LogP contribution in [0.2, 0.25) is 0 Å². The molecular weight excluding hydrogens is 387 g/mol. The van der Waals surface area contributed by atoms with Crippen molar-refractivity contribution in [3.05, 3.63) is 59.7 Å². The fourth-order valence-corrected chi connectivity index (χ4v) is 3.29. The number of halogens is 1. The standard InChI is InChI=1S/C22H23FN4O3/c1-26(2)22(30)21-17(14-28)4-3-11-27(21)13-20(29)25-19-10-7-16(12-24-19)15-5-8-18(23)9-6-15/h5-10,12,14H,3-4,11,13H2,1-2H3,(H,24,25,29). The van der Waals surface area contributed by atoms with E-state index < -0.39 is 0 Å². The predicted octanol–water partition coefficient (Wildman–Crippen LogP) is 2.46. The number of anilines is 1. The van der Waals surface area contributed by atoms with Crippen LogP contribution in [0.5, 0.6) is 0 Å². The summed E-state index contributed by atoms with van der Waals surface area (Å²) in [7, 11) is 3.22. The van der Waals surface area contributed by atoms with Crippen LogP contribution >= 0.6 is 0 Å². The van der Waals surface area contributed by atoms with Crippen molar-refractivity contribution in [1.29, 1.82) is 0 Å². The maximum absolute atomic E-state index is 13.1. The van der Waals surface area contributed by atoms with E-state index in [0.29, 0.717) is 37.1 Å². The Morgan fingerprint density at radius 1 is 1.17 bits per heavy atom. The molecule has 0 saturated carbocycles. The molecule has 0 radical (unpaired) electrons. The van der Waals surface area contributed by atoms with Gasteiger partial charge in [0.2, 0.25) is 5.91 Å². The highest BCUT2D eigenvalue weighted by molar-refractivity contribution is 6.00. The second-order valence-electron chi connectivity index (χ2n) is 7.20. The van der Waals surface area contributed by atoms with E-state index in [1.54, 1.807) is 49.5 Å². The van der Waals surface area contributed by atoms with Gasteiger partial charge in [0.15, 0.2) is 0 Å². The minimum atomic E-state index is -0.340. The summed E-state index contributed by atoms with van der Waals surface area (Å²) in [6, 6.07) is 9.49. The molecule has 1 aromatic heterocycles. The number of likely N-dealkylation sites (N-methyl/N-ethyl adjacent to an activating group) is 1. The quantitative estimate of drug-likeness (QED) is 0.740. The third-order valence-electron chi connectivity index (χ3n) is 4.79. The Balaban J connectivity index is 1.69. The molecule has 156 valence electrons. The number of aromatic nitrogens is 1. The Bertz CT molecular complexity index is 969. The van der Waals surface area contributed by atoms with Gasteiger partial charge in [-0.15, -0.1) is 0 Å². The first-order chi connectivity index (χ1) is 14.4. The van der Waals surface area contributed by atoms with E-state index in [1.165, 1.54) is 17.0 Å². The number of hydrogen-bond donors (Lipinski definition) is 1. The summed E-state index contributed by atoms with van der Waals surface area (Å²) in [5, 5.41) is 2.71. The molecule has 0 saturated heterocycles. The summed E-state index contributed by atoms with van der Waals surface area (Å²) in [4.78, 5) is 43.7. The van der Waals surface area contributed by atoms with Crippen molar-refractivity contribution >= 4 is 23.9 Å². The average Bonchev–Trinajstić information content (AvgIpc) is 2.74. The van der Waals surface area contributed by atoms with Gasteiger partial charge in [0, 0.05) is 38.0 Å². The first kappa shape index (κ1) is 21.2. The molecule has 1 N–H and O–H groups in total. The Kier molecular flexibility index (Phi) is 6.56. The zero-order valence-corrected chi connectivity index (χ0v) is 16.9. The maximum Gasteiger partial charge on any atom is 0.270 e. The molecule has 3 rings (SSSR count). The molecule has 1 aliphatic heterocycles. The molecule has 0 unspecified atom stereocenters. The number of hydrogen-bond acceptors (Lipinski definition) is 5. The third kappa shape index (κ3) is 4.89. The van der Waals surface area contributed by atoms with Gasteiger partial charge in [-0.25, -0.2) is 9.37 Å². The van der Waals surface area contributed by atoms with Crippen molar-refractivity contribution in [2.75, 3.05) is 32.5 Å². The van der Waals surface area contributed by atoms with Crippen LogP contribution in [-0.4, -0.2) is 60.1 Å². The number of carbonyl (C=O) groups is 3. The molecule has 1 aliphatic rings. The van der Waals surface area contributed by atoms with E-state index >= 15 is 0 Å². The fraction of sp³-hybridized carbons (Fsp3) is 0.273. The van der Waals surface area contributed by atoms with Gasteiger partial charge in [-0.2, -0.15) is 0 Å². The molecular formula is C22H23FN4O3. The Morgan fingerprint density at radius 3 is 2.47 bits per heavy atom. The van der Waals surface area contributed by atoms with E-state index in [1.807, 2.05) is 0 Å². The van der Waals surface area contributed by atoms with Gasteiger partial charge in [-0.1, -0.05) is 12.1 Å². The summed E-state index contributed by atoms with van der Waals surface area (Å²) in [6.45, 7) is 0.449. The molecule has 0 fully saturated rings. The van der Waals surface area contributed by atoms with E-state index in [2.05, 4.69) is 10.3 Å². The van der Waals surface area contributed by atoms with Crippen LogP contribution in [0.15, 0.2) is 53.9 Å². The number of amides is 2. The molecule has 8 heteroatoms. The van der Waals surface area contributed by atoms with Crippen LogP contribution in [0.4, 0.5) is 10.2 Å². The van der Waals surface area contributed by atoms with Crippen molar-refractivity contribution in [2.45, 2.75) is 12.8 Å². The summed E-state index contributed by atoms with van der Waals surface area (Å²) in [5.41, 5.74) is 2.29. The molecule has 0 bridgehead atoms.